The first-order chi connectivity index (χ1) is 18.5. The van der Waals surface area contributed by atoms with Crippen molar-refractivity contribution in [3.8, 4) is 22.7 Å². The summed E-state index contributed by atoms with van der Waals surface area (Å²) in [6.45, 7) is 5.62. The Labute approximate surface area is 240 Å². The lowest BCUT2D eigenvalue weighted by Crippen LogP contribution is -2.29. The maximum Gasteiger partial charge on any atom is 0.266 e. The van der Waals surface area contributed by atoms with Crippen LogP contribution in [-0.2, 0) is 4.79 Å². The van der Waals surface area contributed by atoms with Gasteiger partial charge in [0.25, 0.3) is 5.91 Å². The molecule has 1 fully saturated rings. The molecule has 8 heteroatoms. The molecule has 0 saturated carbocycles. The second-order valence-corrected chi connectivity index (χ2v) is 11.4. The highest BCUT2D eigenvalue weighted by Gasteiger charge is 2.32. The molecule has 1 saturated heterocycles. The number of amides is 1. The van der Waals surface area contributed by atoms with Crippen LogP contribution in [-0.4, -0.2) is 38.1 Å². The first-order valence-corrected chi connectivity index (χ1v) is 14.9. The number of unbranched alkanes of at least 4 members (excludes halogenated alkanes) is 5. The van der Waals surface area contributed by atoms with E-state index in [1.165, 1.54) is 31.0 Å². The first-order valence-electron chi connectivity index (χ1n) is 13.3. The Balaban J connectivity index is 1.62. The van der Waals surface area contributed by atoms with Gasteiger partial charge in [0, 0.05) is 23.9 Å². The Bertz CT molecular complexity index is 1290. The molecule has 2 heterocycles. The van der Waals surface area contributed by atoms with Crippen LogP contribution in [0, 0.1) is 0 Å². The molecule has 3 aromatic rings. The van der Waals surface area contributed by atoms with Gasteiger partial charge in [-0.2, -0.15) is 5.10 Å². The molecular formula is C30H34ClN3O2S2. The van der Waals surface area contributed by atoms with Crippen LogP contribution >= 0.6 is 35.6 Å². The second kappa shape index (κ2) is 14.0. The van der Waals surface area contributed by atoms with Crippen LogP contribution in [0.4, 0.5) is 0 Å². The summed E-state index contributed by atoms with van der Waals surface area (Å²) in [6.07, 6.45) is 11.6. The summed E-state index contributed by atoms with van der Waals surface area (Å²) in [5, 5.41) is 5.42. The van der Waals surface area contributed by atoms with E-state index in [2.05, 4.69) is 13.8 Å². The molecule has 1 aromatic heterocycles. The van der Waals surface area contributed by atoms with Crippen LogP contribution in [0.25, 0.3) is 23.0 Å². The number of ether oxygens (including phenoxy) is 1. The highest BCUT2D eigenvalue weighted by molar-refractivity contribution is 8.26. The first kappa shape index (κ1) is 28.4. The summed E-state index contributed by atoms with van der Waals surface area (Å²) in [5.74, 6) is 0.624. The van der Waals surface area contributed by atoms with Gasteiger partial charge in [-0.15, -0.1) is 0 Å². The summed E-state index contributed by atoms with van der Waals surface area (Å²) in [6, 6.07) is 15.6. The lowest BCUT2D eigenvalue weighted by atomic mass is 10.1. The van der Waals surface area contributed by atoms with Crippen molar-refractivity contribution in [3.63, 3.8) is 0 Å². The number of thioether (sulfide) groups is 1. The molecule has 0 unspecified atom stereocenters. The third kappa shape index (κ3) is 7.07. The zero-order valence-corrected chi connectivity index (χ0v) is 24.4. The number of nitrogens with zero attached hydrogens (tertiary/aromatic N) is 3. The van der Waals surface area contributed by atoms with Crippen molar-refractivity contribution in [1.29, 1.82) is 0 Å². The van der Waals surface area contributed by atoms with Gasteiger partial charge < -0.3 is 4.74 Å². The minimum atomic E-state index is -0.0355. The van der Waals surface area contributed by atoms with E-state index >= 15 is 0 Å². The van der Waals surface area contributed by atoms with E-state index in [-0.39, 0.29) is 5.91 Å². The van der Waals surface area contributed by atoms with Gasteiger partial charge in [-0.05, 0) is 49.2 Å². The van der Waals surface area contributed by atoms with Gasteiger partial charge >= 0.3 is 0 Å². The van der Waals surface area contributed by atoms with Crippen molar-refractivity contribution in [2.45, 2.75) is 58.8 Å². The normalized spacial score (nSPS) is 14.6. The molecule has 4 rings (SSSR count). The van der Waals surface area contributed by atoms with E-state index < -0.39 is 0 Å². The second-order valence-electron chi connectivity index (χ2n) is 9.31. The molecular weight excluding hydrogens is 534 g/mol. The molecule has 2 aromatic carbocycles. The van der Waals surface area contributed by atoms with E-state index in [1.54, 1.807) is 4.90 Å². The number of para-hydroxylation sites is 1. The van der Waals surface area contributed by atoms with Crippen molar-refractivity contribution < 1.29 is 9.53 Å². The van der Waals surface area contributed by atoms with E-state index in [9.17, 15) is 4.79 Å². The van der Waals surface area contributed by atoms with Crippen molar-refractivity contribution >= 4 is 51.9 Å². The minimum Gasteiger partial charge on any atom is -0.492 e. The molecule has 200 valence electrons. The number of aromatic nitrogens is 2. The molecule has 0 spiro atoms. The largest absolute Gasteiger partial charge is 0.492 e. The molecule has 5 nitrogen and oxygen atoms in total. The molecule has 38 heavy (non-hydrogen) atoms. The Morgan fingerprint density at radius 1 is 1.03 bits per heavy atom. The van der Waals surface area contributed by atoms with Crippen LogP contribution in [0.3, 0.4) is 0 Å². The Morgan fingerprint density at radius 3 is 2.53 bits per heavy atom. The molecule has 0 bridgehead atoms. The van der Waals surface area contributed by atoms with Crippen LogP contribution in [0.5, 0.6) is 5.75 Å². The maximum absolute atomic E-state index is 13.3. The van der Waals surface area contributed by atoms with Gasteiger partial charge in [0.15, 0.2) is 0 Å². The summed E-state index contributed by atoms with van der Waals surface area (Å²) >= 11 is 13.5. The number of hydrogen-bond acceptors (Lipinski definition) is 5. The van der Waals surface area contributed by atoms with E-state index in [1.807, 2.05) is 65.5 Å². The number of carbonyl (C=O) groups excluding carboxylic acids is 1. The van der Waals surface area contributed by atoms with Gasteiger partial charge in [0.05, 0.1) is 22.2 Å². The van der Waals surface area contributed by atoms with Gasteiger partial charge in [-0.3, -0.25) is 9.69 Å². The van der Waals surface area contributed by atoms with Gasteiger partial charge in [-0.25, -0.2) is 4.68 Å². The fourth-order valence-electron chi connectivity index (χ4n) is 4.23. The van der Waals surface area contributed by atoms with Crippen molar-refractivity contribution in [1.82, 2.24) is 14.7 Å². The van der Waals surface area contributed by atoms with Crippen molar-refractivity contribution in [2.24, 2.45) is 0 Å². The van der Waals surface area contributed by atoms with Crippen molar-refractivity contribution in [3.05, 3.63) is 70.2 Å². The van der Waals surface area contributed by atoms with Crippen LogP contribution in [0.1, 0.15) is 64.4 Å². The van der Waals surface area contributed by atoms with Crippen LogP contribution < -0.4 is 4.74 Å². The fourth-order valence-corrected chi connectivity index (χ4v) is 5.76. The van der Waals surface area contributed by atoms with E-state index in [4.69, 9.17) is 33.7 Å². The molecule has 0 radical (unpaired) electrons. The molecule has 0 aliphatic carbocycles. The number of carbonyl (C=O) groups is 1. The Kier molecular flexibility index (Phi) is 10.4. The smallest absolute Gasteiger partial charge is 0.266 e. The highest BCUT2D eigenvalue weighted by atomic mass is 35.5. The zero-order chi connectivity index (χ0) is 26.9. The van der Waals surface area contributed by atoms with Crippen LogP contribution in [0.2, 0.25) is 5.02 Å². The average molecular weight is 568 g/mol. The SMILES string of the molecule is CCCCCCCN1C(=O)/C(=C\c2cn(-c3ccccc3)nc2-c2ccc(OCCCC)c(Cl)c2)SC1=S. The number of hydrogen-bond donors (Lipinski definition) is 0. The highest BCUT2D eigenvalue weighted by Crippen LogP contribution is 2.36. The Hall–Kier alpha value is -2.61. The number of halogens is 1. The molecule has 0 N–H and O–H groups in total. The number of rotatable bonds is 13. The van der Waals surface area contributed by atoms with Crippen LogP contribution in [0.15, 0.2) is 59.6 Å². The average Bonchev–Trinajstić information content (AvgIpc) is 3.46. The third-order valence-electron chi connectivity index (χ3n) is 6.37. The zero-order valence-electron chi connectivity index (χ0n) is 22.0. The van der Waals surface area contributed by atoms with E-state index in [0.717, 1.165) is 48.2 Å². The predicted molar refractivity (Wildman–Crippen MR) is 163 cm³/mol. The molecule has 1 aliphatic rings. The molecule has 1 aliphatic heterocycles. The quantitative estimate of drug-likeness (QED) is 0.118. The van der Waals surface area contributed by atoms with E-state index in [0.29, 0.717) is 33.1 Å². The monoisotopic (exact) mass is 567 g/mol. The summed E-state index contributed by atoms with van der Waals surface area (Å²) in [4.78, 5) is 15.6. The van der Waals surface area contributed by atoms with Crippen molar-refractivity contribution in [2.75, 3.05) is 13.2 Å². The lowest BCUT2D eigenvalue weighted by Gasteiger charge is -2.13. The summed E-state index contributed by atoms with van der Waals surface area (Å²) < 4.78 is 8.28. The maximum atomic E-state index is 13.3. The van der Waals surface area contributed by atoms with Gasteiger partial charge in [0.1, 0.15) is 15.8 Å². The molecule has 0 atom stereocenters. The third-order valence-corrected chi connectivity index (χ3v) is 8.04. The number of thiocarbonyl (C=S) groups is 1. The summed E-state index contributed by atoms with van der Waals surface area (Å²) in [7, 11) is 0. The molecule has 1 amide bonds. The topological polar surface area (TPSA) is 47.4 Å². The minimum absolute atomic E-state index is 0.0355. The Morgan fingerprint density at radius 2 is 1.79 bits per heavy atom. The lowest BCUT2D eigenvalue weighted by molar-refractivity contribution is -0.122. The van der Waals surface area contributed by atoms with Gasteiger partial charge in [-0.1, -0.05) is 99.7 Å². The summed E-state index contributed by atoms with van der Waals surface area (Å²) in [5.41, 5.74) is 3.34. The fraction of sp³-hybridized carbons (Fsp3) is 0.367. The number of benzene rings is 2. The standard InChI is InChI=1S/C30H34ClN3O2S2/c1-3-5-7-8-12-17-33-29(35)27(38-30(33)37)20-23-21-34(24-13-10-9-11-14-24)32-28(23)22-15-16-26(25(31)19-22)36-18-6-4-2/h9-11,13-16,19-21H,3-8,12,17-18H2,1-2H3/b27-20+. The predicted octanol–water partition coefficient (Wildman–Crippen LogP) is 8.54. The van der Waals surface area contributed by atoms with Gasteiger partial charge in [0.2, 0.25) is 0 Å².